The highest BCUT2D eigenvalue weighted by Crippen LogP contribution is 2.45. The molecule has 1 aliphatic carbocycles. The van der Waals surface area contributed by atoms with Crippen LogP contribution < -0.4 is 14.5 Å². The van der Waals surface area contributed by atoms with Gasteiger partial charge in [0, 0.05) is 73.6 Å². The molecule has 4 heterocycles. The summed E-state index contributed by atoms with van der Waals surface area (Å²) in [5.41, 5.74) is 4.14. The SMILES string of the molecule is [C-]#[N+]C[C@H]1CN(c2nc(OC[C@H](C)N(C)[C@@H](C)C3CC(F)(F)C3)nc3c2CCN(c2cncc4cccc(C)c24)C3)CCN1C(=O)C=C. The molecule has 1 aromatic carbocycles. The van der Waals surface area contributed by atoms with Gasteiger partial charge in [-0.1, -0.05) is 24.8 Å². The number of anilines is 2. The summed E-state index contributed by atoms with van der Waals surface area (Å²) in [5.74, 6) is -2.01. The number of rotatable bonds is 10. The van der Waals surface area contributed by atoms with Gasteiger partial charge in [0.25, 0.3) is 0 Å². The molecule has 3 aliphatic rings. The summed E-state index contributed by atoms with van der Waals surface area (Å²) >= 11 is 0. The van der Waals surface area contributed by atoms with Gasteiger partial charge >= 0.3 is 6.01 Å². The molecule has 48 heavy (non-hydrogen) atoms. The highest BCUT2D eigenvalue weighted by molar-refractivity contribution is 5.96. The lowest BCUT2D eigenvalue weighted by molar-refractivity contribution is -0.130. The lowest BCUT2D eigenvalue weighted by atomic mass is 9.76. The summed E-state index contributed by atoms with van der Waals surface area (Å²) in [5, 5.41) is 2.25. The Morgan fingerprint density at radius 3 is 2.73 bits per heavy atom. The standard InChI is InChI=1S/C36H44F2N8O2/c1-7-32(47)46-14-13-45(20-28(46)18-39-5)34-29-11-12-44(31-19-40-17-26-10-8-9-23(2)33(26)31)21-30(29)41-35(42-34)48-22-24(3)43(6)25(4)27-15-36(37,38)16-27/h7-10,17,19,24-25,27-28H,1,11-16,18,20-22H2,2-4,6H3/t24-,25-,28-/m0/s1. The predicted molar refractivity (Wildman–Crippen MR) is 182 cm³/mol. The van der Waals surface area contributed by atoms with E-state index < -0.39 is 5.92 Å². The Kier molecular flexibility index (Phi) is 9.52. The number of hydrogen-bond acceptors (Lipinski definition) is 8. The molecule has 3 aromatic rings. The number of hydrogen-bond donors (Lipinski definition) is 0. The number of amides is 1. The summed E-state index contributed by atoms with van der Waals surface area (Å²) in [4.78, 5) is 39.0. The maximum Gasteiger partial charge on any atom is 0.318 e. The number of alkyl halides is 2. The van der Waals surface area contributed by atoms with E-state index in [0.29, 0.717) is 39.2 Å². The van der Waals surface area contributed by atoms with E-state index in [0.717, 1.165) is 34.7 Å². The van der Waals surface area contributed by atoms with E-state index in [2.05, 4.69) is 50.2 Å². The van der Waals surface area contributed by atoms with Gasteiger partial charge in [-0.25, -0.2) is 15.4 Å². The molecule has 2 aromatic heterocycles. The number of benzene rings is 1. The van der Waals surface area contributed by atoms with Crippen LogP contribution in [0.5, 0.6) is 6.01 Å². The van der Waals surface area contributed by atoms with Gasteiger partial charge in [-0.2, -0.15) is 9.97 Å². The quantitative estimate of drug-likeness (QED) is 0.219. The molecule has 2 fully saturated rings. The fourth-order valence-corrected chi connectivity index (χ4v) is 7.37. The molecule has 254 valence electrons. The smallest absolute Gasteiger partial charge is 0.318 e. The number of nitrogens with zero attached hydrogens (tertiary/aromatic N) is 8. The van der Waals surface area contributed by atoms with Gasteiger partial charge in [0.15, 0.2) is 0 Å². The highest BCUT2D eigenvalue weighted by Gasteiger charge is 2.48. The van der Waals surface area contributed by atoms with Crippen molar-refractivity contribution in [3.63, 3.8) is 0 Å². The Morgan fingerprint density at radius 1 is 1.21 bits per heavy atom. The van der Waals surface area contributed by atoms with Gasteiger partial charge in [0.1, 0.15) is 18.5 Å². The average molecular weight is 659 g/mol. The van der Waals surface area contributed by atoms with Crippen molar-refractivity contribution in [2.45, 2.75) is 70.6 Å². The van der Waals surface area contributed by atoms with Crippen LogP contribution in [0.4, 0.5) is 20.3 Å². The first-order valence-electron chi connectivity index (χ1n) is 16.7. The van der Waals surface area contributed by atoms with Crippen LogP contribution in [-0.4, -0.2) is 101 Å². The van der Waals surface area contributed by atoms with E-state index in [1.54, 1.807) is 4.90 Å². The van der Waals surface area contributed by atoms with Crippen LogP contribution in [0.1, 0.15) is 43.5 Å². The number of aromatic nitrogens is 3. The lowest BCUT2D eigenvalue weighted by Gasteiger charge is -2.43. The number of aryl methyl sites for hydroxylation is 1. The maximum atomic E-state index is 13.6. The number of carbonyl (C=O) groups is 1. The number of ether oxygens (including phenoxy) is 1. The molecule has 10 nitrogen and oxygen atoms in total. The molecule has 1 saturated heterocycles. The second-order valence-electron chi connectivity index (χ2n) is 13.5. The van der Waals surface area contributed by atoms with Crippen LogP contribution >= 0.6 is 0 Å². The van der Waals surface area contributed by atoms with Gasteiger partial charge < -0.3 is 24.3 Å². The first kappa shape index (κ1) is 33.5. The molecule has 6 rings (SSSR count). The molecular formula is C36H44F2N8O2. The zero-order valence-corrected chi connectivity index (χ0v) is 28.2. The normalized spacial score (nSPS) is 20.5. The number of halogens is 2. The monoisotopic (exact) mass is 658 g/mol. The molecule has 0 N–H and O–H groups in total. The number of pyridine rings is 1. The molecule has 0 radical (unpaired) electrons. The Hall–Kier alpha value is -4.37. The van der Waals surface area contributed by atoms with Crippen LogP contribution in [0.15, 0.2) is 43.2 Å². The van der Waals surface area contributed by atoms with Crippen molar-refractivity contribution in [1.82, 2.24) is 24.8 Å². The van der Waals surface area contributed by atoms with E-state index in [-0.39, 0.29) is 55.3 Å². The van der Waals surface area contributed by atoms with Crippen molar-refractivity contribution in [3.8, 4) is 6.01 Å². The molecule has 1 amide bonds. The number of piperazine rings is 1. The van der Waals surface area contributed by atoms with Gasteiger partial charge in [-0.3, -0.25) is 14.7 Å². The van der Waals surface area contributed by atoms with Crippen molar-refractivity contribution in [3.05, 3.63) is 71.5 Å². The molecule has 0 spiro atoms. The third-order valence-electron chi connectivity index (χ3n) is 10.5. The third kappa shape index (κ3) is 6.65. The maximum absolute atomic E-state index is 13.6. The summed E-state index contributed by atoms with van der Waals surface area (Å²) in [6, 6.07) is 6.12. The summed E-state index contributed by atoms with van der Waals surface area (Å²) in [7, 11) is 1.95. The topological polar surface area (TPSA) is 82.3 Å². The number of carbonyl (C=O) groups excluding carboxylic acids is 1. The fourth-order valence-electron chi connectivity index (χ4n) is 7.37. The van der Waals surface area contributed by atoms with E-state index in [4.69, 9.17) is 21.3 Å². The summed E-state index contributed by atoms with van der Waals surface area (Å²) in [6.45, 7) is 20.5. The molecule has 1 saturated carbocycles. The lowest BCUT2D eigenvalue weighted by Crippen LogP contribution is -2.56. The van der Waals surface area contributed by atoms with Gasteiger partial charge in [0.2, 0.25) is 18.4 Å². The number of fused-ring (bicyclic) bond motifs is 2. The average Bonchev–Trinajstić information content (AvgIpc) is 3.07. The Balaban J connectivity index is 1.29. The van der Waals surface area contributed by atoms with Crippen molar-refractivity contribution < 1.29 is 18.3 Å². The highest BCUT2D eigenvalue weighted by atomic mass is 19.3. The number of likely N-dealkylation sites (N-methyl/N-ethyl adjacent to an activating group) is 1. The first-order valence-corrected chi connectivity index (χ1v) is 16.7. The summed E-state index contributed by atoms with van der Waals surface area (Å²) < 4.78 is 33.5. The largest absolute Gasteiger partial charge is 0.462 e. The van der Waals surface area contributed by atoms with E-state index in [1.165, 1.54) is 17.0 Å². The van der Waals surface area contributed by atoms with E-state index >= 15 is 0 Å². The van der Waals surface area contributed by atoms with Crippen LogP contribution in [0.25, 0.3) is 15.6 Å². The van der Waals surface area contributed by atoms with Crippen molar-refractivity contribution in [2.75, 3.05) is 56.2 Å². The molecule has 2 aliphatic heterocycles. The Morgan fingerprint density at radius 2 is 2.00 bits per heavy atom. The van der Waals surface area contributed by atoms with Crippen LogP contribution in [-0.2, 0) is 17.8 Å². The van der Waals surface area contributed by atoms with Crippen LogP contribution in [0.3, 0.4) is 0 Å². The minimum Gasteiger partial charge on any atom is -0.462 e. The third-order valence-corrected chi connectivity index (χ3v) is 10.5. The van der Waals surface area contributed by atoms with E-state index in [9.17, 15) is 13.6 Å². The molecule has 12 heteroatoms. The molecule has 0 unspecified atom stereocenters. The van der Waals surface area contributed by atoms with Crippen LogP contribution in [0.2, 0.25) is 0 Å². The zero-order chi connectivity index (χ0) is 34.2. The van der Waals surface area contributed by atoms with E-state index in [1.807, 2.05) is 39.4 Å². The van der Waals surface area contributed by atoms with Crippen molar-refractivity contribution in [2.24, 2.45) is 5.92 Å². The van der Waals surface area contributed by atoms with Gasteiger partial charge in [0.05, 0.1) is 24.1 Å². The van der Waals surface area contributed by atoms with Crippen molar-refractivity contribution in [1.29, 1.82) is 0 Å². The zero-order valence-electron chi connectivity index (χ0n) is 28.2. The van der Waals surface area contributed by atoms with Gasteiger partial charge in [-0.05, 0) is 51.8 Å². The molecular weight excluding hydrogens is 614 g/mol. The Labute approximate surface area is 281 Å². The van der Waals surface area contributed by atoms with Gasteiger partial charge in [-0.15, -0.1) is 0 Å². The fraction of sp³-hybridized carbons (Fsp3) is 0.528. The summed E-state index contributed by atoms with van der Waals surface area (Å²) in [6.07, 6.45) is 5.66. The molecule has 0 bridgehead atoms. The first-order chi connectivity index (χ1) is 23.0. The molecule has 3 atom stereocenters. The van der Waals surface area contributed by atoms with Crippen molar-refractivity contribution >= 4 is 28.2 Å². The second-order valence-corrected chi connectivity index (χ2v) is 13.5. The predicted octanol–water partition coefficient (Wildman–Crippen LogP) is 5.15. The minimum atomic E-state index is -2.56. The second kappa shape index (κ2) is 13.6. The van der Waals surface area contributed by atoms with Crippen LogP contribution in [0, 0.1) is 19.4 Å². The minimum absolute atomic E-state index is 0.0106. The Bertz CT molecular complexity index is 1710.